The zero-order valence-corrected chi connectivity index (χ0v) is 17.7. The fourth-order valence-corrected chi connectivity index (χ4v) is 3.93. The van der Waals surface area contributed by atoms with Gasteiger partial charge in [0.05, 0.1) is 5.92 Å². The zero-order chi connectivity index (χ0) is 16.4. The largest absolute Gasteiger partial charge is 0.353 e. The minimum Gasteiger partial charge on any atom is -0.353 e. The van der Waals surface area contributed by atoms with Gasteiger partial charge in [-0.05, 0) is 47.8 Å². The molecule has 142 valence electrons. The van der Waals surface area contributed by atoms with Crippen molar-refractivity contribution in [1.82, 2.24) is 9.88 Å². The first-order chi connectivity index (χ1) is 11.0. The van der Waals surface area contributed by atoms with Crippen LogP contribution in [0.3, 0.4) is 0 Å². The Labute approximate surface area is 170 Å². The summed E-state index contributed by atoms with van der Waals surface area (Å²) < 4.78 is 0.981. The molecule has 5 nitrogen and oxygen atoms in total. The summed E-state index contributed by atoms with van der Waals surface area (Å²) in [6.45, 7) is 5.20. The lowest BCUT2D eigenvalue weighted by atomic mass is 9.74. The van der Waals surface area contributed by atoms with Gasteiger partial charge in [-0.25, -0.2) is 4.98 Å². The Bertz CT molecular complexity index is 562. The third-order valence-electron chi connectivity index (χ3n) is 5.18. The highest BCUT2D eigenvalue weighted by Crippen LogP contribution is 2.33. The summed E-state index contributed by atoms with van der Waals surface area (Å²) in [6.07, 6.45) is 5.95. The molecular formula is C17H27BrCl2N4O. The van der Waals surface area contributed by atoms with E-state index < -0.39 is 0 Å². The molecule has 1 aliphatic carbocycles. The van der Waals surface area contributed by atoms with Gasteiger partial charge in [-0.2, -0.15) is 0 Å². The van der Waals surface area contributed by atoms with Gasteiger partial charge in [0, 0.05) is 42.4 Å². The van der Waals surface area contributed by atoms with Gasteiger partial charge in [-0.3, -0.25) is 4.79 Å². The van der Waals surface area contributed by atoms with E-state index in [4.69, 9.17) is 5.73 Å². The SMILES string of the molecule is CC1(N)CCCCC1C(=O)N1CCN(c2ccc(Br)cn2)CC1.Cl.Cl. The van der Waals surface area contributed by atoms with Crippen molar-refractivity contribution in [3.8, 4) is 0 Å². The summed E-state index contributed by atoms with van der Waals surface area (Å²) in [6, 6.07) is 4.02. The molecule has 2 fully saturated rings. The molecule has 25 heavy (non-hydrogen) atoms. The molecule has 2 heterocycles. The maximum atomic E-state index is 12.9. The fraction of sp³-hybridized carbons (Fsp3) is 0.647. The number of anilines is 1. The van der Waals surface area contributed by atoms with Crippen molar-refractivity contribution in [3.63, 3.8) is 0 Å². The number of nitrogens with zero attached hydrogens (tertiary/aromatic N) is 3. The quantitative estimate of drug-likeness (QED) is 0.746. The summed E-state index contributed by atoms with van der Waals surface area (Å²) in [5.41, 5.74) is 6.04. The Hall–Kier alpha value is -0.560. The summed E-state index contributed by atoms with van der Waals surface area (Å²) in [7, 11) is 0. The smallest absolute Gasteiger partial charge is 0.227 e. The van der Waals surface area contributed by atoms with Gasteiger partial charge in [-0.1, -0.05) is 12.8 Å². The fourth-order valence-electron chi connectivity index (χ4n) is 3.70. The van der Waals surface area contributed by atoms with Crippen LogP contribution in [0.2, 0.25) is 0 Å². The number of nitrogens with two attached hydrogens (primary N) is 1. The molecule has 2 unspecified atom stereocenters. The number of amides is 1. The van der Waals surface area contributed by atoms with E-state index >= 15 is 0 Å². The molecule has 1 aliphatic heterocycles. The highest BCUT2D eigenvalue weighted by molar-refractivity contribution is 9.10. The van der Waals surface area contributed by atoms with E-state index in [0.29, 0.717) is 0 Å². The maximum absolute atomic E-state index is 12.9. The second-order valence-electron chi connectivity index (χ2n) is 6.95. The van der Waals surface area contributed by atoms with Crippen LogP contribution in [0.4, 0.5) is 5.82 Å². The van der Waals surface area contributed by atoms with Crippen molar-refractivity contribution >= 4 is 52.5 Å². The summed E-state index contributed by atoms with van der Waals surface area (Å²) >= 11 is 3.41. The Morgan fingerprint density at radius 2 is 1.92 bits per heavy atom. The summed E-state index contributed by atoms with van der Waals surface area (Å²) in [5, 5.41) is 0. The monoisotopic (exact) mass is 452 g/mol. The summed E-state index contributed by atoms with van der Waals surface area (Å²) in [4.78, 5) is 21.5. The van der Waals surface area contributed by atoms with Crippen LogP contribution in [-0.4, -0.2) is 47.5 Å². The van der Waals surface area contributed by atoms with Crippen molar-refractivity contribution in [1.29, 1.82) is 0 Å². The summed E-state index contributed by atoms with van der Waals surface area (Å²) in [5.74, 6) is 1.20. The van der Waals surface area contributed by atoms with E-state index in [0.717, 1.165) is 62.2 Å². The highest BCUT2D eigenvalue weighted by Gasteiger charge is 2.40. The van der Waals surface area contributed by atoms with Crippen molar-refractivity contribution in [2.75, 3.05) is 31.1 Å². The number of piperazine rings is 1. The van der Waals surface area contributed by atoms with Gasteiger partial charge >= 0.3 is 0 Å². The van der Waals surface area contributed by atoms with Gasteiger partial charge in [0.2, 0.25) is 5.91 Å². The number of hydrogen-bond donors (Lipinski definition) is 1. The zero-order valence-electron chi connectivity index (χ0n) is 14.5. The molecule has 1 aromatic heterocycles. The molecule has 0 radical (unpaired) electrons. The van der Waals surface area contributed by atoms with Crippen molar-refractivity contribution in [2.24, 2.45) is 11.7 Å². The number of halogens is 3. The lowest BCUT2D eigenvalue weighted by Gasteiger charge is -2.42. The topological polar surface area (TPSA) is 62.5 Å². The molecule has 8 heteroatoms. The normalized spacial score (nSPS) is 26.4. The van der Waals surface area contributed by atoms with E-state index in [9.17, 15) is 4.79 Å². The molecular weight excluding hydrogens is 427 g/mol. The van der Waals surface area contributed by atoms with Crippen molar-refractivity contribution in [3.05, 3.63) is 22.8 Å². The molecule has 0 spiro atoms. The first-order valence-corrected chi connectivity index (χ1v) is 9.21. The van der Waals surface area contributed by atoms with E-state index in [2.05, 4.69) is 25.8 Å². The van der Waals surface area contributed by atoms with E-state index in [1.807, 2.05) is 30.2 Å². The molecule has 1 amide bonds. The molecule has 1 aromatic rings. The van der Waals surface area contributed by atoms with Crippen molar-refractivity contribution in [2.45, 2.75) is 38.1 Å². The highest BCUT2D eigenvalue weighted by atomic mass is 79.9. The molecule has 2 N–H and O–H groups in total. The number of carbonyl (C=O) groups excluding carboxylic acids is 1. The minimum atomic E-state index is -0.347. The van der Waals surface area contributed by atoms with Gasteiger partial charge in [0.15, 0.2) is 0 Å². The van der Waals surface area contributed by atoms with Crippen molar-refractivity contribution < 1.29 is 4.79 Å². The number of aromatic nitrogens is 1. The number of hydrogen-bond acceptors (Lipinski definition) is 4. The van der Waals surface area contributed by atoms with Crippen LogP contribution >= 0.6 is 40.7 Å². The lowest BCUT2D eigenvalue weighted by Crippen LogP contribution is -2.57. The van der Waals surface area contributed by atoms with Gasteiger partial charge in [0.25, 0.3) is 0 Å². The second-order valence-corrected chi connectivity index (χ2v) is 7.87. The number of carbonyl (C=O) groups is 1. The predicted molar refractivity (Wildman–Crippen MR) is 110 cm³/mol. The van der Waals surface area contributed by atoms with Crippen LogP contribution < -0.4 is 10.6 Å². The molecule has 2 aliphatic rings. The maximum Gasteiger partial charge on any atom is 0.227 e. The molecule has 3 rings (SSSR count). The average molecular weight is 454 g/mol. The van der Waals surface area contributed by atoms with E-state index in [-0.39, 0.29) is 42.2 Å². The number of pyridine rings is 1. The Morgan fingerprint density at radius 1 is 1.24 bits per heavy atom. The van der Waals surface area contributed by atoms with Crippen LogP contribution in [0, 0.1) is 5.92 Å². The van der Waals surface area contributed by atoms with Crippen LogP contribution in [0.1, 0.15) is 32.6 Å². The Morgan fingerprint density at radius 3 is 2.48 bits per heavy atom. The van der Waals surface area contributed by atoms with Crippen LogP contribution in [-0.2, 0) is 4.79 Å². The first-order valence-electron chi connectivity index (χ1n) is 8.41. The Balaban J connectivity index is 0.00000156. The third-order valence-corrected chi connectivity index (χ3v) is 5.65. The standard InChI is InChI=1S/C17H25BrN4O.2ClH/c1-17(19)7-3-2-4-14(17)16(23)22-10-8-21(9-11-22)15-6-5-13(18)12-20-15;;/h5-6,12,14H,2-4,7-11,19H2,1H3;2*1H. The predicted octanol–water partition coefficient (Wildman–Crippen LogP) is 3.24. The molecule has 0 bridgehead atoms. The lowest BCUT2D eigenvalue weighted by molar-refractivity contribution is -0.139. The number of rotatable bonds is 2. The molecule has 1 saturated heterocycles. The molecule has 2 atom stereocenters. The van der Waals surface area contributed by atoms with E-state index in [1.165, 1.54) is 0 Å². The van der Waals surface area contributed by atoms with Crippen LogP contribution in [0.15, 0.2) is 22.8 Å². The third kappa shape index (κ3) is 5.22. The minimum absolute atomic E-state index is 0. The van der Waals surface area contributed by atoms with Crippen LogP contribution in [0.5, 0.6) is 0 Å². The molecule has 1 saturated carbocycles. The second kappa shape index (κ2) is 9.40. The first kappa shape index (κ1) is 22.5. The molecule has 0 aromatic carbocycles. The van der Waals surface area contributed by atoms with Gasteiger partial charge in [0.1, 0.15) is 5.82 Å². The van der Waals surface area contributed by atoms with Gasteiger partial charge < -0.3 is 15.5 Å². The van der Waals surface area contributed by atoms with Gasteiger partial charge in [-0.15, -0.1) is 24.8 Å². The average Bonchev–Trinajstić information content (AvgIpc) is 2.55. The van der Waals surface area contributed by atoms with Crippen LogP contribution in [0.25, 0.3) is 0 Å². The Kier molecular flexibility index (Phi) is 8.45. The van der Waals surface area contributed by atoms with E-state index in [1.54, 1.807) is 0 Å².